The number of piperazine rings is 1. The van der Waals surface area contributed by atoms with Crippen LogP contribution in [0, 0.1) is 16.7 Å². The Labute approximate surface area is 107 Å². The van der Waals surface area contributed by atoms with Crippen molar-refractivity contribution < 1.29 is 9.59 Å². The van der Waals surface area contributed by atoms with Gasteiger partial charge < -0.3 is 9.80 Å². The third kappa shape index (κ3) is 2.47. The third-order valence-corrected chi connectivity index (χ3v) is 3.83. The number of nitrogens with zero attached hydrogens (tertiary/aromatic N) is 3. The van der Waals surface area contributed by atoms with E-state index in [9.17, 15) is 9.59 Å². The smallest absolute Gasteiger partial charge is 0.312 e. The molecule has 0 N–H and O–H groups in total. The van der Waals surface area contributed by atoms with Crippen molar-refractivity contribution in [1.82, 2.24) is 9.80 Å². The van der Waals surface area contributed by atoms with Crippen LogP contribution in [-0.2, 0) is 9.59 Å². The molecular formula is C13H19N3O2. The van der Waals surface area contributed by atoms with E-state index in [1.165, 1.54) is 0 Å². The maximum absolute atomic E-state index is 12.0. The summed E-state index contributed by atoms with van der Waals surface area (Å²) in [7, 11) is 0. The Morgan fingerprint density at radius 1 is 1.22 bits per heavy atom. The van der Waals surface area contributed by atoms with Gasteiger partial charge in [-0.15, -0.1) is 0 Å². The van der Waals surface area contributed by atoms with Crippen molar-refractivity contribution in [3.8, 4) is 6.07 Å². The molecule has 5 heteroatoms. The molecular weight excluding hydrogens is 230 g/mol. The van der Waals surface area contributed by atoms with Crippen LogP contribution in [0.5, 0.6) is 0 Å². The van der Waals surface area contributed by atoms with Gasteiger partial charge in [-0.1, -0.05) is 6.92 Å². The van der Waals surface area contributed by atoms with Crippen LogP contribution < -0.4 is 0 Å². The molecule has 5 nitrogen and oxygen atoms in total. The first kappa shape index (κ1) is 12.9. The van der Waals surface area contributed by atoms with E-state index in [0.29, 0.717) is 32.6 Å². The molecule has 1 aliphatic carbocycles. The molecule has 0 aromatic carbocycles. The molecule has 1 heterocycles. The molecule has 1 saturated heterocycles. The summed E-state index contributed by atoms with van der Waals surface area (Å²) < 4.78 is 0. The second-order valence-electron chi connectivity index (χ2n) is 5.35. The fourth-order valence-electron chi connectivity index (χ4n) is 2.49. The maximum atomic E-state index is 12.0. The second-order valence-corrected chi connectivity index (χ2v) is 5.35. The van der Waals surface area contributed by atoms with Gasteiger partial charge in [-0.05, 0) is 19.3 Å². The minimum atomic E-state index is -0.390. The highest BCUT2D eigenvalue weighted by molar-refractivity contribution is 6.35. The average molecular weight is 249 g/mol. The van der Waals surface area contributed by atoms with E-state index in [4.69, 9.17) is 5.26 Å². The number of hydrogen-bond donors (Lipinski definition) is 0. The van der Waals surface area contributed by atoms with Gasteiger partial charge >= 0.3 is 11.8 Å². The number of carbonyl (C=O) groups is 2. The number of nitriles is 1. The summed E-state index contributed by atoms with van der Waals surface area (Å²) >= 11 is 0. The molecule has 1 saturated carbocycles. The molecule has 18 heavy (non-hydrogen) atoms. The summed E-state index contributed by atoms with van der Waals surface area (Å²) in [5, 5.41) is 8.77. The summed E-state index contributed by atoms with van der Waals surface area (Å²) in [6, 6.07) is 2.18. The number of hydrogen-bond acceptors (Lipinski definition) is 3. The van der Waals surface area contributed by atoms with E-state index in [1.54, 1.807) is 9.80 Å². The molecule has 0 radical (unpaired) electrons. The third-order valence-electron chi connectivity index (χ3n) is 3.83. The zero-order chi connectivity index (χ0) is 13.2. The van der Waals surface area contributed by atoms with Gasteiger partial charge in [0.15, 0.2) is 0 Å². The Bertz CT molecular complexity index is 396. The first-order valence-electron chi connectivity index (χ1n) is 6.57. The molecule has 0 aromatic rings. The lowest BCUT2D eigenvalue weighted by molar-refractivity contribution is -0.156. The molecule has 2 amide bonds. The zero-order valence-electron chi connectivity index (χ0n) is 10.8. The van der Waals surface area contributed by atoms with Crippen LogP contribution in [0.15, 0.2) is 0 Å². The SMILES string of the molecule is CCCN1CCN(CC2(CC#N)CC2)C(=O)C1=O. The minimum absolute atomic E-state index is 0.0163. The molecule has 0 spiro atoms. The highest BCUT2D eigenvalue weighted by Gasteiger charge is 2.46. The molecule has 2 rings (SSSR count). The lowest BCUT2D eigenvalue weighted by Crippen LogP contribution is -2.55. The van der Waals surface area contributed by atoms with E-state index in [0.717, 1.165) is 19.3 Å². The number of amides is 2. The van der Waals surface area contributed by atoms with Crippen LogP contribution in [0.4, 0.5) is 0 Å². The van der Waals surface area contributed by atoms with Crippen LogP contribution in [0.25, 0.3) is 0 Å². The first-order chi connectivity index (χ1) is 8.62. The summed E-state index contributed by atoms with van der Waals surface area (Å²) in [5.74, 6) is -0.769. The van der Waals surface area contributed by atoms with Gasteiger partial charge in [0.1, 0.15) is 0 Å². The quantitative estimate of drug-likeness (QED) is 0.676. The van der Waals surface area contributed by atoms with Gasteiger partial charge in [-0.3, -0.25) is 9.59 Å². The average Bonchev–Trinajstić information content (AvgIpc) is 3.10. The van der Waals surface area contributed by atoms with Gasteiger partial charge in [0.25, 0.3) is 0 Å². The highest BCUT2D eigenvalue weighted by Crippen LogP contribution is 2.49. The van der Waals surface area contributed by atoms with Gasteiger partial charge in [0.05, 0.1) is 6.07 Å². The zero-order valence-corrected chi connectivity index (χ0v) is 10.8. The molecule has 98 valence electrons. The Morgan fingerprint density at radius 2 is 1.83 bits per heavy atom. The van der Waals surface area contributed by atoms with Crippen LogP contribution >= 0.6 is 0 Å². The van der Waals surface area contributed by atoms with E-state index in [2.05, 4.69) is 6.07 Å². The van der Waals surface area contributed by atoms with Gasteiger partial charge in [-0.25, -0.2) is 0 Å². The molecule has 2 fully saturated rings. The van der Waals surface area contributed by atoms with Gasteiger partial charge in [0, 0.05) is 38.0 Å². The van der Waals surface area contributed by atoms with Crippen molar-refractivity contribution in [2.45, 2.75) is 32.6 Å². The Morgan fingerprint density at radius 3 is 2.39 bits per heavy atom. The van der Waals surface area contributed by atoms with Crippen molar-refractivity contribution in [3.05, 3.63) is 0 Å². The van der Waals surface area contributed by atoms with Crippen molar-refractivity contribution in [2.75, 3.05) is 26.2 Å². The van der Waals surface area contributed by atoms with Crippen molar-refractivity contribution in [1.29, 1.82) is 5.26 Å². The Kier molecular flexibility index (Phi) is 3.55. The maximum Gasteiger partial charge on any atom is 0.312 e. The lowest BCUT2D eigenvalue weighted by atomic mass is 10.0. The Balaban J connectivity index is 1.95. The van der Waals surface area contributed by atoms with E-state index < -0.39 is 0 Å². The van der Waals surface area contributed by atoms with Crippen molar-refractivity contribution in [3.63, 3.8) is 0 Å². The fourth-order valence-corrected chi connectivity index (χ4v) is 2.49. The first-order valence-corrected chi connectivity index (χ1v) is 6.57. The van der Waals surface area contributed by atoms with E-state index >= 15 is 0 Å². The predicted molar refractivity (Wildman–Crippen MR) is 65.3 cm³/mol. The number of carbonyl (C=O) groups excluding carboxylic acids is 2. The van der Waals surface area contributed by atoms with Crippen molar-refractivity contribution in [2.24, 2.45) is 5.41 Å². The molecule has 0 aromatic heterocycles. The van der Waals surface area contributed by atoms with Crippen molar-refractivity contribution >= 4 is 11.8 Å². The summed E-state index contributed by atoms with van der Waals surface area (Å²) in [6.45, 7) is 4.46. The highest BCUT2D eigenvalue weighted by atomic mass is 16.2. The standard InChI is InChI=1S/C13H19N3O2/c1-2-7-15-8-9-16(12(18)11(15)17)10-13(3-4-13)5-6-14/h2-5,7-10H2,1H3. The normalized spacial score (nSPS) is 22.0. The Hall–Kier alpha value is -1.57. The lowest BCUT2D eigenvalue weighted by Gasteiger charge is -2.35. The molecule has 2 aliphatic rings. The molecule has 1 aliphatic heterocycles. The van der Waals surface area contributed by atoms with Gasteiger partial charge in [-0.2, -0.15) is 5.26 Å². The summed E-state index contributed by atoms with van der Waals surface area (Å²) in [5.41, 5.74) is -0.0163. The minimum Gasteiger partial charge on any atom is -0.333 e. The van der Waals surface area contributed by atoms with Gasteiger partial charge in [0.2, 0.25) is 0 Å². The van der Waals surface area contributed by atoms with E-state index in [1.807, 2.05) is 6.92 Å². The predicted octanol–water partition coefficient (Wildman–Crippen LogP) is 0.761. The summed E-state index contributed by atoms with van der Waals surface area (Å²) in [6.07, 6.45) is 3.36. The summed E-state index contributed by atoms with van der Waals surface area (Å²) in [4.78, 5) is 27.1. The fraction of sp³-hybridized carbons (Fsp3) is 0.769. The largest absolute Gasteiger partial charge is 0.333 e. The topological polar surface area (TPSA) is 64.4 Å². The molecule has 0 unspecified atom stereocenters. The number of rotatable bonds is 5. The van der Waals surface area contributed by atoms with Crippen LogP contribution in [0.1, 0.15) is 32.6 Å². The van der Waals surface area contributed by atoms with Crippen LogP contribution in [0.3, 0.4) is 0 Å². The van der Waals surface area contributed by atoms with Crippen LogP contribution in [0.2, 0.25) is 0 Å². The van der Waals surface area contributed by atoms with E-state index in [-0.39, 0.29) is 17.2 Å². The molecule has 0 bridgehead atoms. The second kappa shape index (κ2) is 4.97. The van der Waals surface area contributed by atoms with Crippen LogP contribution in [-0.4, -0.2) is 47.8 Å². The monoisotopic (exact) mass is 249 g/mol. The molecule has 0 atom stereocenters.